The van der Waals surface area contributed by atoms with E-state index in [-0.39, 0.29) is 17.6 Å². The lowest BCUT2D eigenvalue weighted by Crippen LogP contribution is -2.35. The summed E-state index contributed by atoms with van der Waals surface area (Å²) in [6.45, 7) is 0.621. The van der Waals surface area contributed by atoms with Crippen molar-refractivity contribution in [2.45, 2.75) is 12.8 Å². The maximum absolute atomic E-state index is 13.8. The van der Waals surface area contributed by atoms with Crippen molar-refractivity contribution in [2.24, 2.45) is 11.5 Å². The van der Waals surface area contributed by atoms with Crippen LogP contribution in [0.15, 0.2) is 91.0 Å². The highest BCUT2D eigenvalue weighted by Gasteiger charge is 2.24. The van der Waals surface area contributed by atoms with Gasteiger partial charge in [-0.15, -0.1) is 0 Å². The zero-order chi connectivity index (χ0) is 26.6. The second-order valence-corrected chi connectivity index (χ2v) is 8.96. The SMILES string of the molecule is N=C(N)c1ccc(Oc2cc(Oc3ccc(C(=N)N)cc3)cc(C(=O)N3CCCc4ccccc43)c2)cc1. The third kappa shape index (κ3) is 5.34. The van der Waals surface area contributed by atoms with Gasteiger partial charge in [0.1, 0.15) is 34.7 Å². The predicted molar refractivity (Wildman–Crippen MR) is 148 cm³/mol. The van der Waals surface area contributed by atoms with E-state index in [9.17, 15) is 4.79 Å². The number of nitrogens with one attached hydrogen (secondary N) is 2. The molecule has 8 nitrogen and oxygen atoms in total. The van der Waals surface area contributed by atoms with Crippen molar-refractivity contribution in [3.05, 3.63) is 113 Å². The lowest BCUT2D eigenvalue weighted by Gasteiger charge is -2.29. The number of nitrogens with zero attached hydrogens (tertiary/aromatic N) is 1. The number of para-hydroxylation sites is 1. The molecule has 0 bridgehead atoms. The van der Waals surface area contributed by atoms with Gasteiger partial charge in [0.15, 0.2) is 0 Å². The summed E-state index contributed by atoms with van der Waals surface area (Å²) >= 11 is 0. The van der Waals surface area contributed by atoms with E-state index >= 15 is 0 Å². The van der Waals surface area contributed by atoms with Crippen molar-refractivity contribution in [1.82, 2.24) is 0 Å². The number of rotatable bonds is 7. The summed E-state index contributed by atoms with van der Waals surface area (Å²) < 4.78 is 12.2. The molecule has 0 fully saturated rings. The van der Waals surface area contributed by atoms with Crippen LogP contribution in [0.1, 0.15) is 33.5 Å². The smallest absolute Gasteiger partial charge is 0.258 e. The topological polar surface area (TPSA) is 139 Å². The fraction of sp³-hybridized carbons (Fsp3) is 0.100. The number of amidine groups is 2. The first-order valence-electron chi connectivity index (χ1n) is 12.2. The van der Waals surface area contributed by atoms with E-state index in [1.165, 1.54) is 0 Å². The summed E-state index contributed by atoms with van der Waals surface area (Å²) in [7, 11) is 0. The second-order valence-electron chi connectivity index (χ2n) is 8.96. The van der Waals surface area contributed by atoms with Crippen LogP contribution >= 0.6 is 0 Å². The van der Waals surface area contributed by atoms with Gasteiger partial charge < -0.3 is 25.8 Å². The number of carbonyl (C=O) groups is 1. The molecule has 1 amide bonds. The van der Waals surface area contributed by atoms with Gasteiger partial charge in [-0.2, -0.15) is 0 Å². The average molecular weight is 506 g/mol. The third-order valence-corrected chi connectivity index (χ3v) is 6.28. The summed E-state index contributed by atoms with van der Waals surface area (Å²) in [5.74, 6) is 1.69. The highest BCUT2D eigenvalue weighted by Crippen LogP contribution is 2.33. The molecule has 0 saturated carbocycles. The van der Waals surface area contributed by atoms with Gasteiger partial charge in [-0.3, -0.25) is 15.6 Å². The van der Waals surface area contributed by atoms with Crippen molar-refractivity contribution < 1.29 is 14.3 Å². The van der Waals surface area contributed by atoms with Crippen molar-refractivity contribution in [3.63, 3.8) is 0 Å². The highest BCUT2D eigenvalue weighted by molar-refractivity contribution is 6.07. The molecule has 0 spiro atoms. The van der Waals surface area contributed by atoms with Crippen LogP contribution in [0.2, 0.25) is 0 Å². The minimum Gasteiger partial charge on any atom is -0.457 e. The molecule has 0 atom stereocenters. The fourth-order valence-electron chi connectivity index (χ4n) is 4.39. The van der Waals surface area contributed by atoms with Gasteiger partial charge in [-0.25, -0.2) is 0 Å². The molecule has 0 aromatic heterocycles. The van der Waals surface area contributed by atoms with Crippen LogP contribution in [0, 0.1) is 10.8 Å². The summed E-state index contributed by atoms with van der Waals surface area (Å²) in [5, 5.41) is 15.2. The average Bonchev–Trinajstić information content (AvgIpc) is 2.93. The van der Waals surface area contributed by atoms with Gasteiger partial charge in [-0.1, -0.05) is 18.2 Å². The van der Waals surface area contributed by atoms with Gasteiger partial charge in [0.05, 0.1) is 0 Å². The normalized spacial score (nSPS) is 12.4. The van der Waals surface area contributed by atoms with Crippen molar-refractivity contribution in [2.75, 3.05) is 11.4 Å². The molecular formula is C30H27N5O3. The number of nitrogen functional groups attached to an aromatic ring is 2. The van der Waals surface area contributed by atoms with Crippen molar-refractivity contribution in [1.29, 1.82) is 10.8 Å². The molecule has 6 N–H and O–H groups in total. The second kappa shape index (κ2) is 10.5. The quantitative estimate of drug-likeness (QED) is 0.196. The maximum Gasteiger partial charge on any atom is 0.258 e. The first kappa shape index (κ1) is 24.6. The first-order valence-corrected chi connectivity index (χ1v) is 12.2. The molecule has 1 aliphatic rings. The molecule has 38 heavy (non-hydrogen) atoms. The lowest BCUT2D eigenvalue weighted by molar-refractivity contribution is 0.0984. The van der Waals surface area contributed by atoms with Crippen LogP contribution in [0.4, 0.5) is 5.69 Å². The first-order chi connectivity index (χ1) is 18.4. The predicted octanol–water partition coefficient (Wildman–Crippen LogP) is 5.43. The number of hydrogen-bond acceptors (Lipinski definition) is 5. The van der Waals surface area contributed by atoms with Crippen LogP contribution in [-0.2, 0) is 6.42 Å². The number of amides is 1. The maximum atomic E-state index is 13.8. The van der Waals surface area contributed by atoms with Crippen LogP contribution in [0.25, 0.3) is 0 Å². The van der Waals surface area contributed by atoms with Crippen molar-refractivity contribution >= 4 is 23.3 Å². The molecule has 0 aliphatic carbocycles. The lowest BCUT2D eigenvalue weighted by atomic mass is 10.0. The van der Waals surface area contributed by atoms with Gasteiger partial charge >= 0.3 is 0 Å². The minimum absolute atomic E-state index is 0.0302. The van der Waals surface area contributed by atoms with E-state index in [4.69, 9.17) is 31.8 Å². The number of nitrogens with two attached hydrogens (primary N) is 2. The fourth-order valence-corrected chi connectivity index (χ4v) is 4.39. The van der Waals surface area contributed by atoms with Crippen LogP contribution < -0.4 is 25.8 Å². The van der Waals surface area contributed by atoms with E-state index in [1.54, 1.807) is 71.6 Å². The van der Waals surface area contributed by atoms with Crippen LogP contribution in [-0.4, -0.2) is 24.1 Å². The van der Waals surface area contributed by atoms with Crippen molar-refractivity contribution in [3.8, 4) is 23.0 Å². The standard InChI is InChI=1S/C30H27N5O3/c31-28(32)20-7-11-23(12-8-20)37-25-16-22(30(36)35-15-3-5-19-4-1-2-6-27(19)35)17-26(18-25)38-24-13-9-21(10-14-24)29(33)34/h1-2,4,6-14,16-18H,3,5,15H2,(H3,31,32)(H3,33,34). The summed E-state index contributed by atoms with van der Waals surface area (Å²) in [4.78, 5) is 15.5. The molecule has 0 saturated heterocycles. The zero-order valence-corrected chi connectivity index (χ0v) is 20.6. The third-order valence-electron chi connectivity index (χ3n) is 6.28. The Bertz CT molecular complexity index is 1440. The molecule has 0 unspecified atom stereocenters. The molecular weight excluding hydrogens is 478 g/mol. The molecule has 190 valence electrons. The number of hydrogen-bond donors (Lipinski definition) is 4. The number of ether oxygens (including phenoxy) is 2. The Hall–Kier alpha value is -5.11. The monoisotopic (exact) mass is 505 g/mol. The Morgan fingerprint density at radius 1 is 0.684 bits per heavy atom. The van der Waals surface area contributed by atoms with Crippen LogP contribution in [0.3, 0.4) is 0 Å². The number of anilines is 1. The zero-order valence-electron chi connectivity index (χ0n) is 20.6. The Morgan fingerprint density at radius 3 is 1.74 bits per heavy atom. The Kier molecular flexibility index (Phi) is 6.78. The molecule has 5 rings (SSSR count). The summed E-state index contributed by atoms with van der Waals surface area (Å²) in [6.07, 6.45) is 1.82. The molecule has 1 aliphatic heterocycles. The van der Waals surface area contributed by atoms with E-state index < -0.39 is 0 Å². The summed E-state index contributed by atoms with van der Waals surface area (Å²) in [6, 6.07) is 26.7. The number of benzene rings is 4. The Balaban J connectivity index is 1.49. The van der Waals surface area contributed by atoms with E-state index in [0.717, 1.165) is 24.1 Å². The summed E-state index contributed by atoms with van der Waals surface area (Å²) in [5.41, 5.74) is 14.8. The molecule has 4 aromatic rings. The Labute approximate surface area is 220 Å². The molecule has 4 aromatic carbocycles. The Morgan fingerprint density at radius 2 is 1.21 bits per heavy atom. The van der Waals surface area contributed by atoms with Crippen LogP contribution in [0.5, 0.6) is 23.0 Å². The van der Waals surface area contributed by atoms with E-state index in [2.05, 4.69) is 6.07 Å². The highest BCUT2D eigenvalue weighted by atomic mass is 16.5. The van der Waals surface area contributed by atoms with Gasteiger partial charge in [-0.05, 0) is 85.1 Å². The molecule has 0 radical (unpaired) electrons. The number of fused-ring (bicyclic) bond motifs is 1. The molecule has 8 heteroatoms. The largest absolute Gasteiger partial charge is 0.457 e. The minimum atomic E-state index is -0.147. The van der Waals surface area contributed by atoms with E-state index in [0.29, 0.717) is 46.2 Å². The van der Waals surface area contributed by atoms with E-state index in [1.807, 2.05) is 18.2 Å². The number of carbonyl (C=O) groups excluding carboxylic acids is 1. The van der Waals surface area contributed by atoms with Gasteiger partial charge in [0.2, 0.25) is 0 Å². The van der Waals surface area contributed by atoms with Gasteiger partial charge in [0.25, 0.3) is 5.91 Å². The number of aryl methyl sites for hydroxylation is 1. The van der Waals surface area contributed by atoms with Gasteiger partial charge in [0, 0.05) is 35.0 Å². The molecule has 1 heterocycles.